The van der Waals surface area contributed by atoms with Crippen molar-refractivity contribution in [2.75, 3.05) is 0 Å². The first kappa shape index (κ1) is 14.2. The number of rotatable bonds is 3. The molecule has 0 aromatic heterocycles. The SMILES string of the molecule is CC/C=C/C(O)S(=O)(=O)[O-].[Na+]. The topological polar surface area (TPSA) is 77.4 Å². The summed E-state index contributed by atoms with van der Waals surface area (Å²) in [5, 5.41) is 8.53. The van der Waals surface area contributed by atoms with Gasteiger partial charge in [-0.1, -0.05) is 13.0 Å². The van der Waals surface area contributed by atoms with Crippen LogP contribution in [0.4, 0.5) is 0 Å². The Balaban J connectivity index is 0. The molecule has 0 bridgehead atoms. The van der Waals surface area contributed by atoms with Gasteiger partial charge in [0.2, 0.25) is 0 Å². The Morgan fingerprint density at radius 2 is 2.09 bits per heavy atom. The third-order valence-electron chi connectivity index (χ3n) is 0.832. The third-order valence-corrected chi connectivity index (χ3v) is 1.58. The Morgan fingerprint density at radius 3 is 2.36 bits per heavy atom. The summed E-state index contributed by atoms with van der Waals surface area (Å²) < 4.78 is 29.9. The minimum atomic E-state index is -4.56. The van der Waals surface area contributed by atoms with Gasteiger partial charge in [-0.25, -0.2) is 8.42 Å². The summed E-state index contributed by atoms with van der Waals surface area (Å²) in [4.78, 5) is 0. The van der Waals surface area contributed by atoms with Crippen LogP contribution in [0.25, 0.3) is 0 Å². The van der Waals surface area contributed by atoms with Crippen LogP contribution in [-0.4, -0.2) is 23.5 Å². The molecule has 4 nitrogen and oxygen atoms in total. The van der Waals surface area contributed by atoms with E-state index in [1.807, 2.05) is 0 Å². The van der Waals surface area contributed by atoms with Crippen LogP contribution >= 0.6 is 0 Å². The van der Waals surface area contributed by atoms with E-state index in [4.69, 9.17) is 5.11 Å². The van der Waals surface area contributed by atoms with E-state index in [0.717, 1.165) is 6.08 Å². The van der Waals surface area contributed by atoms with Crippen LogP contribution in [0.15, 0.2) is 12.2 Å². The van der Waals surface area contributed by atoms with Gasteiger partial charge < -0.3 is 9.66 Å². The second-order valence-electron chi connectivity index (χ2n) is 1.72. The maximum absolute atomic E-state index is 9.98. The number of aliphatic hydroxyl groups is 1. The van der Waals surface area contributed by atoms with E-state index in [2.05, 4.69) is 0 Å². The predicted octanol–water partition coefficient (Wildman–Crippen LogP) is -3.18. The number of hydrogen-bond donors (Lipinski definition) is 1. The molecule has 0 spiro atoms. The van der Waals surface area contributed by atoms with Gasteiger partial charge in [-0.2, -0.15) is 0 Å². The molecule has 0 aliphatic rings. The number of allylic oxidation sites excluding steroid dienone is 1. The molecule has 1 N–H and O–H groups in total. The molecule has 0 amide bonds. The molecule has 6 heteroatoms. The second-order valence-corrected chi connectivity index (χ2v) is 3.19. The van der Waals surface area contributed by atoms with E-state index < -0.39 is 15.6 Å². The van der Waals surface area contributed by atoms with E-state index in [-0.39, 0.29) is 29.6 Å². The molecule has 0 fully saturated rings. The van der Waals surface area contributed by atoms with Crippen LogP contribution in [0.3, 0.4) is 0 Å². The van der Waals surface area contributed by atoms with Crippen molar-refractivity contribution in [2.45, 2.75) is 18.8 Å². The fraction of sp³-hybridized carbons (Fsp3) is 0.600. The van der Waals surface area contributed by atoms with Crippen molar-refractivity contribution in [1.82, 2.24) is 0 Å². The first-order chi connectivity index (χ1) is 4.48. The Kier molecular flexibility index (Phi) is 7.93. The van der Waals surface area contributed by atoms with Crippen molar-refractivity contribution >= 4 is 10.1 Å². The summed E-state index contributed by atoms with van der Waals surface area (Å²) >= 11 is 0. The fourth-order valence-electron chi connectivity index (χ4n) is 0.349. The molecule has 0 radical (unpaired) electrons. The molecule has 11 heavy (non-hydrogen) atoms. The van der Waals surface area contributed by atoms with Crippen LogP contribution in [-0.2, 0) is 10.1 Å². The monoisotopic (exact) mass is 188 g/mol. The molecular formula is C5H9NaO4S. The Hall–Kier alpha value is 0.610. The maximum atomic E-state index is 9.98. The molecule has 60 valence electrons. The summed E-state index contributed by atoms with van der Waals surface area (Å²) in [6, 6.07) is 0. The molecule has 0 aliphatic carbocycles. The first-order valence-electron chi connectivity index (χ1n) is 2.78. The van der Waals surface area contributed by atoms with Gasteiger partial charge in [0, 0.05) is 0 Å². The number of aliphatic hydroxyl groups excluding tert-OH is 1. The first-order valence-corrected chi connectivity index (χ1v) is 4.25. The summed E-state index contributed by atoms with van der Waals surface area (Å²) in [5.41, 5.74) is -1.90. The van der Waals surface area contributed by atoms with Crippen LogP contribution in [0.1, 0.15) is 13.3 Å². The zero-order valence-corrected chi connectivity index (χ0v) is 9.34. The molecule has 0 aromatic carbocycles. The largest absolute Gasteiger partial charge is 1.00 e. The van der Waals surface area contributed by atoms with Gasteiger partial charge in [0.15, 0.2) is 5.44 Å². The molecule has 0 rings (SSSR count). The number of hydrogen-bond acceptors (Lipinski definition) is 4. The van der Waals surface area contributed by atoms with Gasteiger partial charge >= 0.3 is 29.6 Å². The quantitative estimate of drug-likeness (QED) is 0.288. The summed E-state index contributed by atoms with van der Waals surface area (Å²) in [6.07, 6.45) is 2.97. The van der Waals surface area contributed by atoms with Crippen molar-refractivity contribution in [3.8, 4) is 0 Å². The van der Waals surface area contributed by atoms with Gasteiger partial charge in [-0.3, -0.25) is 0 Å². The van der Waals surface area contributed by atoms with E-state index in [1.165, 1.54) is 6.08 Å². The van der Waals surface area contributed by atoms with E-state index in [9.17, 15) is 13.0 Å². The standard InChI is InChI=1S/C5H10O4S.Na/c1-2-3-4-5(6)10(7,8)9;/h3-6H,2H2,1H3,(H,7,8,9);/q;+1/p-1/b4-3+;. The van der Waals surface area contributed by atoms with Gasteiger partial charge in [0.05, 0.1) is 0 Å². The molecule has 0 heterocycles. The Labute approximate surface area is 88.3 Å². The average Bonchev–Trinajstić information content (AvgIpc) is 1.80. The second kappa shape index (κ2) is 6.16. The fourth-order valence-corrected chi connectivity index (χ4v) is 0.652. The maximum Gasteiger partial charge on any atom is 1.00 e. The normalized spacial score (nSPS) is 14.5. The van der Waals surface area contributed by atoms with E-state index in [1.54, 1.807) is 6.92 Å². The zero-order valence-electron chi connectivity index (χ0n) is 6.52. The summed E-state index contributed by atoms with van der Waals surface area (Å²) in [5.74, 6) is 0. The van der Waals surface area contributed by atoms with E-state index >= 15 is 0 Å². The van der Waals surface area contributed by atoms with Crippen molar-refractivity contribution in [3.63, 3.8) is 0 Å². The van der Waals surface area contributed by atoms with Gasteiger partial charge in [0.1, 0.15) is 10.1 Å². The van der Waals surface area contributed by atoms with Gasteiger partial charge in [0.25, 0.3) is 0 Å². The van der Waals surface area contributed by atoms with Crippen LogP contribution in [0.2, 0.25) is 0 Å². The summed E-state index contributed by atoms with van der Waals surface area (Å²) in [7, 11) is -4.56. The van der Waals surface area contributed by atoms with Crippen molar-refractivity contribution < 1.29 is 47.6 Å². The molecule has 1 unspecified atom stereocenters. The molecule has 0 saturated carbocycles. The van der Waals surface area contributed by atoms with Crippen LogP contribution in [0.5, 0.6) is 0 Å². The van der Waals surface area contributed by atoms with Crippen molar-refractivity contribution in [2.24, 2.45) is 0 Å². The van der Waals surface area contributed by atoms with E-state index in [0.29, 0.717) is 6.42 Å². The Morgan fingerprint density at radius 1 is 1.64 bits per heavy atom. The van der Waals surface area contributed by atoms with Crippen LogP contribution in [0, 0.1) is 0 Å². The molecule has 0 aliphatic heterocycles. The summed E-state index contributed by atoms with van der Waals surface area (Å²) in [6.45, 7) is 1.76. The molecule has 0 saturated heterocycles. The van der Waals surface area contributed by atoms with Crippen molar-refractivity contribution in [1.29, 1.82) is 0 Å². The minimum Gasteiger partial charge on any atom is -0.746 e. The van der Waals surface area contributed by atoms with Gasteiger partial charge in [-0.05, 0) is 12.5 Å². The smallest absolute Gasteiger partial charge is 0.746 e. The Bertz CT molecular complexity index is 209. The van der Waals surface area contributed by atoms with Crippen molar-refractivity contribution in [3.05, 3.63) is 12.2 Å². The van der Waals surface area contributed by atoms with Gasteiger partial charge in [-0.15, -0.1) is 0 Å². The molecule has 1 atom stereocenters. The zero-order chi connectivity index (χ0) is 8.20. The minimum absolute atomic E-state index is 0. The predicted molar refractivity (Wildman–Crippen MR) is 35.1 cm³/mol. The average molecular weight is 188 g/mol. The third kappa shape index (κ3) is 6.99. The molecular weight excluding hydrogens is 179 g/mol. The molecule has 0 aromatic rings. The van der Waals surface area contributed by atoms with Crippen LogP contribution < -0.4 is 29.6 Å².